The van der Waals surface area contributed by atoms with Gasteiger partial charge in [-0.2, -0.15) is 0 Å². The van der Waals surface area contributed by atoms with E-state index in [4.69, 9.17) is 10.7 Å². The quantitative estimate of drug-likeness (QED) is 0.579. The molecule has 0 heterocycles. The van der Waals surface area contributed by atoms with E-state index in [1.54, 1.807) is 0 Å². The SMILES string of the molecule is CC1(ON)CCCC1.Cl. The topological polar surface area (TPSA) is 35.2 Å². The maximum atomic E-state index is 5.07. The third-order valence-corrected chi connectivity index (χ3v) is 1.95. The second kappa shape index (κ2) is 3.40. The molecule has 1 rings (SSSR count). The van der Waals surface area contributed by atoms with Gasteiger partial charge in [0.25, 0.3) is 0 Å². The van der Waals surface area contributed by atoms with Gasteiger partial charge in [0.05, 0.1) is 5.60 Å². The highest BCUT2D eigenvalue weighted by atomic mass is 35.5. The predicted molar refractivity (Wildman–Crippen MR) is 39.4 cm³/mol. The average molecular weight is 152 g/mol. The molecular weight excluding hydrogens is 138 g/mol. The first-order valence-corrected chi connectivity index (χ1v) is 3.15. The van der Waals surface area contributed by atoms with Gasteiger partial charge in [-0.1, -0.05) is 12.8 Å². The third-order valence-electron chi connectivity index (χ3n) is 1.95. The zero-order valence-electron chi connectivity index (χ0n) is 5.72. The molecule has 1 aliphatic carbocycles. The molecule has 0 radical (unpaired) electrons. The number of nitrogens with two attached hydrogens (primary N) is 1. The van der Waals surface area contributed by atoms with Gasteiger partial charge in [-0.25, -0.2) is 5.90 Å². The third kappa shape index (κ3) is 2.12. The fourth-order valence-corrected chi connectivity index (χ4v) is 1.24. The number of halogens is 1. The molecule has 0 saturated heterocycles. The van der Waals surface area contributed by atoms with Gasteiger partial charge in [0, 0.05) is 0 Å². The zero-order chi connectivity index (χ0) is 6.04. The molecule has 1 aliphatic rings. The van der Waals surface area contributed by atoms with Crippen molar-refractivity contribution >= 4 is 12.4 Å². The predicted octanol–water partition coefficient (Wildman–Crippen LogP) is 1.63. The first-order valence-electron chi connectivity index (χ1n) is 3.15. The molecule has 0 aliphatic heterocycles. The molecule has 1 fully saturated rings. The summed E-state index contributed by atoms with van der Waals surface area (Å²) in [5.74, 6) is 5.07. The Labute approximate surface area is 62.1 Å². The Morgan fingerprint density at radius 1 is 1.33 bits per heavy atom. The summed E-state index contributed by atoms with van der Waals surface area (Å²) in [6, 6.07) is 0. The van der Waals surface area contributed by atoms with Crippen molar-refractivity contribution in [3.8, 4) is 0 Å². The summed E-state index contributed by atoms with van der Waals surface area (Å²) in [4.78, 5) is 4.80. The monoisotopic (exact) mass is 151 g/mol. The summed E-state index contributed by atoms with van der Waals surface area (Å²) in [6.45, 7) is 2.07. The molecule has 2 N–H and O–H groups in total. The number of hydrogen-bond acceptors (Lipinski definition) is 2. The molecule has 0 aromatic carbocycles. The Hall–Kier alpha value is 0.210. The largest absolute Gasteiger partial charge is 0.298 e. The van der Waals surface area contributed by atoms with E-state index in [2.05, 4.69) is 6.92 Å². The van der Waals surface area contributed by atoms with E-state index in [1.165, 1.54) is 12.8 Å². The van der Waals surface area contributed by atoms with Gasteiger partial charge in [-0.15, -0.1) is 12.4 Å². The average Bonchev–Trinajstić information content (AvgIpc) is 2.17. The van der Waals surface area contributed by atoms with Crippen LogP contribution in [0.4, 0.5) is 0 Å². The van der Waals surface area contributed by atoms with Crippen LogP contribution in [0.25, 0.3) is 0 Å². The summed E-state index contributed by atoms with van der Waals surface area (Å²) in [5, 5.41) is 0. The van der Waals surface area contributed by atoms with Crippen molar-refractivity contribution in [3.05, 3.63) is 0 Å². The number of rotatable bonds is 1. The Morgan fingerprint density at radius 3 is 2.00 bits per heavy atom. The smallest absolute Gasteiger partial charge is 0.0865 e. The van der Waals surface area contributed by atoms with E-state index in [0.717, 1.165) is 12.8 Å². The highest BCUT2D eigenvalue weighted by Gasteiger charge is 2.28. The molecule has 0 bridgehead atoms. The van der Waals surface area contributed by atoms with Gasteiger partial charge < -0.3 is 0 Å². The van der Waals surface area contributed by atoms with Gasteiger partial charge in [0.2, 0.25) is 0 Å². The van der Waals surface area contributed by atoms with Crippen molar-refractivity contribution in [1.82, 2.24) is 0 Å². The lowest BCUT2D eigenvalue weighted by molar-refractivity contribution is -0.0281. The van der Waals surface area contributed by atoms with E-state index >= 15 is 0 Å². The van der Waals surface area contributed by atoms with Gasteiger partial charge in [0.15, 0.2) is 0 Å². The van der Waals surface area contributed by atoms with Gasteiger partial charge >= 0.3 is 0 Å². The van der Waals surface area contributed by atoms with Crippen molar-refractivity contribution in [2.75, 3.05) is 0 Å². The van der Waals surface area contributed by atoms with Crippen molar-refractivity contribution in [2.24, 2.45) is 5.90 Å². The number of hydrogen-bond donors (Lipinski definition) is 1. The molecule has 0 atom stereocenters. The minimum atomic E-state index is 0. The van der Waals surface area contributed by atoms with Crippen LogP contribution >= 0.6 is 12.4 Å². The second-order valence-electron chi connectivity index (χ2n) is 2.77. The molecule has 0 aromatic rings. The maximum Gasteiger partial charge on any atom is 0.0865 e. The van der Waals surface area contributed by atoms with Crippen LogP contribution in [0.5, 0.6) is 0 Å². The summed E-state index contributed by atoms with van der Waals surface area (Å²) >= 11 is 0. The molecule has 2 nitrogen and oxygen atoms in total. The standard InChI is InChI=1S/C6H13NO.ClH/c1-6(8-7)4-2-3-5-6;/h2-5,7H2,1H3;1H. The fraction of sp³-hybridized carbons (Fsp3) is 1.00. The van der Waals surface area contributed by atoms with E-state index < -0.39 is 0 Å². The van der Waals surface area contributed by atoms with Crippen LogP contribution in [0.1, 0.15) is 32.6 Å². The molecule has 0 unspecified atom stereocenters. The molecule has 56 valence electrons. The first-order chi connectivity index (χ1) is 3.77. The van der Waals surface area contributed by atoms with E-state index in [-0.39, 0.29) is 18.0 Å². The summed E-state index contributed by atoms with van der Waals surface area (Å²) in [6.07, 6.45) is 4.80. The molecule has 0 spiro atoms. The first kappa shape index (κ1) is 9.21. The maximum absolute atomic E-state index is 5.07. The molecule has 9 heavy (non-hydrogen) atoms. The summed E-state index contributed by atoms with van der Waals surface area (Å²) in [7, 11) is 0. The zero-order valence-corrected chi connectivity index (χ0v) is 6.54. The van der Waals surface area contributed by atoms with Crippen LogP contribution < -0.4 is 5.90 Å². The Bertz CT molecular complexity index is 81.1. The lowest BCUT2D eigenvalue weighted by atomic mass is 10.1. The minimum absolute atomic E-state index is 0. The Kier molecular flexibility index (Phi) is 3.48. The van der Waals surface area contributed by atoms with Crippen molar-refractivity contribution in [1.29, 1.82) is 0 Å². The summed E-state index contributed by atoms with van der Waals surface area (Å²) in [5.41, 5.74) is 0.0139. The van der Waals surface area contributed by atoms with Crippen LogP contribution in [0.15, 0.2) is 0 Å². The fourth-order valence-electron chi connectivity index (χ4n) is 1.24. The van der Waals surface area contributed by atoms with Crippen molar-refractivity contribution < 1.29 is 4.84 Å². The molecule has 3 heteroatoms. The molecular formula is C6H14ClNO. The second-order valence-corrected chi connectivity index (χ2v) is 2.77. The van der Waals surface area contributed by atoms with Crippen LogP contribution in [-0.4, -0.2) is 5.60 Å². The van der Waals surface area contributed by atoms with Crippen LogP contribution in [-0.2, 0) is 4.84 Å². The lowest BCUT2D eigenvalue weighted by Crippen LogP contribution is -2.27. The normalized spacial score (nSPS) is 23.3. The lowest BCUT2D eigenvalue weighted by Gasteiger charge is -2.18. The Morgan fingerprint density at radius 2 is 1.78 bits per heavy atom. The van der Waals surface area contributed by atoms with Gasteiger partial charge in [-0.3, -0.25) is 4.84 Å². The van der Waals surface area contributed by atoms with Crippen molar-refractivity contribution in [3.63, 3.8) is 0 Å². The minimum Gasteiger partial charge on any atom is -0.298 e. The van der Waals surface area contributed by atoms with Crippen molar-refractivity contribution in [2.45, 2.75) is 38.2 Å². The highest BCUT2D eigenvalue weighted by Crippen LogP contribution is 2.30. The van der Waals surface area contributed by atoms with E-state index in [1.807, 2.05) is 0 Å². The van der Waals surface area contributed by atoms with Gasteiger partial charge in [0.1, 0.15) is 0 Å². The Balaban J connectivity index is 0.000000640. The molecule has 1 saturated carbocycles. The van der Waals surface area contributed by atoms with Crippen LogP contribution in [0, 0.1) is 0 Å². The molecule has 0 aromatic heterocycles. The highest BCUT2D eigenvalue weighted by molar-refractivity contribution is 5.85. The van der Waals surface area contributed by atoms with Gasteiger partial charge in [-0.05, 0) is 19.8 Å². The van der Waals surface area contributed by atoms with E-state index in [9.17, 15) is 0 Å². The summed E-state index contributed by atoms with van der Waals surface area (Å²) < 4.78 is 0. The van der Waals surface area contributed by atoms with Crippen LogP contribution in [0.3, 0.4) is 0 Å². The van der Waals surface area contributed by atoms with Crippen LogP contribution in [0.2, 0.25) is 0 Å². The van der Waals surface area contributed by atoms with E-state index in [0.29, 0.717) is 0 Å². The molecule has 0 amide bonds.